The molecule has 0 bridgehead atoms. The Kier molecular flexibility index (Phi) is 3.18. The molecular formula is C14H26N2O. The van der Waals surface area contributed by atoms with E-state index in [9.17, 15) is 0 Å². The van der Waals surface area contributed by atoms with Gasteiger partial charge >= 0.3 is 0 Å². The lowest BCUT2D eigenvalue weighted by molar-refractivity contribution is -0.104. The van der Waals surface area contributed by atoms with Crippen molar-refractivity contribution in [3.05, 3.63) is 0 Å². The molecule has 2 N–H and O–H groups in total. The molecule has 1 saturated heterocycles. The quantitative estimate of drug-likeness (QED) is 0.811. The van der Waals surface area contributed by atoms with Crippen molar-refractivity contribution in [2.24, 2.45) is 11.7 Å². The zero-order chi connectivity index (χ0) is 11.9. The summed E-state index contributed by atoms with van der Waals surface area (Å²) in [6, 6.07) is 0.660. The molecule has 0 radical (unpaired) electrons. The Morgan fingerprint density at radius 1 is 1.29 bits per heavy atom. The molecule has 2 saturated carbocycles. The van der Waals surface area contributed by atoms with Crippen LogP contribution in [0.25, 0.3) is 0 Å². The van der Waals surface area contributed by atoms with Crippen LogP contribution in [0.1, 0.15) is 45.4 Å². The number of hydrogen-bond acceptors (Lipinski definition) is 3. The van der Waals surface area contributed by atoms with Gasteiger partial charge in [0.1, 0.15) is 0 Å². The highest BCUT2D eigenvalue weighted by Gasteiger charge is 2.52. The molecule has 98 valence electrons. The summed E-state index contributed by atoms with van der Waals surface area (Å²) in [4.78, 5) is 2.76. The second kappa shape index (κ2) is 4.52. The zero-order valence-corrected chi connectivity index (χ0v) is 11.0. The van der Waals surface area contributed by atoms with E-state index in [0.717, 1.165) is 25.6 Å². The van der Waals surface area contributed by atoms with Crippen LogP contribution in [0.2, 0.25) is 0 Å². The van der Waals surface area contributed by atoms with Crippen molar-refractivity contribution in [3.8, 4) is 0 Å². The van der Waals surface area contributed by atoms with Gasteiger partial charge in [-0.15, -0.1) is 0 Å². The zero-order valence-electron chi connectivity index (χ0n) is 11.0. The van der Waals surface area contributed by atoms with Gasteiger partial charge in [-0.2, -0.15) is 0 Å². The smallest absolute Gasteiger partial charge is 0.0731 e. The van der Waals surface area contributed by atoms with Crippen molar-refractivity contribution >= 4 is 0 Å². The third-order valence-corrected chi connectivity index (χ3v) is 5.36. The van der Waals surface area contributed by atoms with Gasteiger partial charge in [-0.1, -0.05) is 6.92 Å². The highest BCUT2D eigenvalue weighted by Crippen LogP contribution is 2.47. The van der Waals surface area contributed by atoms with Crippen molar-refractivity contribution in [3.63, 3.8) is 0 Å². The number of morpholine rings is 1. The van der Waals surface area contributed by atoms with Crippen LogP contribution in [0.5, 0.6) is 0 Å². The maximum Gasteiger partial charge on any atom is 0.0731 e. The molecule has 0 aromatic rings. The molecule has 3 aliphatic rings. The monoisotopic (exact) mass is 238 g/mol. The summed E-state index contributed by atoms with van der Waals surface area (Å²) in [6.45, 7) is 5.17. The van der Waals surface area contributed by atoms with Crippen LogP contribution in [0.4, 0.5) is 0 Å². The van der Waals surface area contributed by atoms with Gasteiger partial charge in [-0.25, -0.2) is 0 Å². The second-order valence-corrected chi connectivity index (χ2v) is 6.04. The van der Waals surface area contributed by atoms with Crippen molar-refractivity contribution in [2.45, 2.75) is 63.1 Å². The largest absolute Gasteiger partial charge is 0.375 e. The summed E-state index contributed by atoms with van der Waals surface area (Å²) < 4.78 is 5.93. The van der Waals surface area contributed by atoms with Crippen LogP contribution in [-0.2, 0) is 4.74 Å². The number of fused-ring (bicyclic) bond motifs is 1. The summed E-state index contributed by atoms with van der Waals surface area (Å²) >= 11 is 0. The summed E-state index contributed by atoms with van der Waals surface area (Å²) in [5, 5.41) is 0. The molecule has 3 fully saturated rings. The van der Waals surface area contributed by atoms with Crippen LogP contribution in [-0.4, -0.2) is 42.3 Å². The van der Waals surface area contributed by atoms with E-state index in [1.54, 1.807) is 0 Å². The molecule has 0 amide bonds. The molecule has 0 aromatic carbocycles. The van der Waals surface area contributed by atoms with Crippen LogP contribution in [0, 0.1) is 5.92 Å². The Balaban J connectivity index is 1.84. The summed E-state index contributed by atoms with van der Waals surface area (Å²) in [7, 11) is 0. The summed E-state index contributed by atoms with van der Waals surface area (Å²) in [5.74, 6) is 0.858. The van der Waals surface area contributed by atoms with Gasteiger partial charge in [0.05, 0.1) is 12.7 Å². The number of nitrogens with zero attached hydrogens (tertiary/aromatic N) is 1. The standard InChI is InChI=1S/C14H26N2O/c1-2-14(10-15,11-6-7-11)16-8-9-17-13-5-3-4-12(13)16/h11-13H,2-10,15H2,1H3. The maximum absolute atomic E-state index is 6.19. The van der Waals surface area contributed by atoms with Crippen LogP contribution < -0.4 is 5.73 Å². The van der Waals surface area contributed by atoms with Gasteiger partial charge in [0.2, 0.25) is 0 Å². The SMILES string of the molecule is CCC(CN)(C1CC1)N1CCOC2CCCC21. The Bertz CT molecular complexity index is 273. The normalized spacial score (nSPS) is 37.8. The molecule has 3 rings (SSSR count). The first kappa shape index (κ1) is 11.9. The van der Waals surface area contributed by atoms with E-state index < -0.39 is 0 Å². The molecule has 3 heteroatoms. The molecule has 17 heavy (non-hydrogen) atoms. The lowest BCUT2D eigenvalue weighted by atomic mass is 9.85. The van der Waals surface area contributed by atoms with Crippen molar-refractivity contribution < 1.29 is 4.74 Å². The Morgan fingerprint density at radius 3 is 2.76 bits per heavy atom. The fourth-order valence-electron chi connectivity index (χ4n) is 4.25. The first-order valence-electron chi connectivity index (χ1n) is 7.40. The lowest BCUT2D eigenvalue weighted by Gasteiger charge is -2.50. The van der Waals surface area contributed by atoms with E-state index in [2.05, 4.69) is 11.8 Å². The number of rotatable bonds is 4. The molecule has 2 aliphatic carbocycles. The molecule has 1 heterocycles. The van der Waals surface area contributed by atoms with Crippen LogP contribution in [0.15, 0.2) is 0 Å². The topological polar surface area (TPSA) is 38.5 Å². The molecule has 3 unspecified atom stereocenters. The Labute approximate surface area is 105 Å². The minimum atomic E-state index is 0.289. The first-order valence-corrected chi connectivity index (χ1v) is 7.40. The average molecular weight is 238 g/mol. The highest BCUT2D eigenvalue weighted by atomic mass is 16.5. The van der Waals surface area contributed by atoms with Gasteiger partial charge in [-0.3, -0.25) is 4.90 Å². The van der Waals surface area contributed by atoms with Crippen molar-refractivity contribution in [1.29, 1.82) is 0 Å². The van der Waals surface area contributed by atoms with Crippen LogP contribution >= 0.6 is 0 Å². The molecule has 3 nitrogen and oxygen atoms in total. The van der Waals surface area contributed by atoms with Crippen molar-refractivity contribution in [2.75, 3.05) is 19.7 Å². The lowest BCUT2D eigenvalue weighted by Crippen LogP contribution is -2.63. The number of nitrogens with two attached hydrogens (primary N) is 1. The van der Waals surface area contributed by atoms with Crippen molar-refractivity contribution in [1.82, 2.24) is 4.90 Å². The number of ether oxygens (including phenoxy) is 1. The van der Waals surface area contributed by atoms with E-state index in [-0.39, 0.29) is 5.54 Å². The third kappa shape index (κ3) is 1.83. The van der Waals surface area contributed by atoms with Gasteiger partial charge in [0.25, 0.3) is 0 Å². The second-order valence-electron chi connectivity index (χ2n) is 6.04. The van der Waals surface area contributed by atoms with E-state index in [0.29, 0.717) is 12.1 Å². The maximum atomic E-state index is 6.19. The third-order valence-electron chi connectivity index (χ3n) is 5.36. The molecule has 3 atom stereocenters. The average Bonchev–Trinajstić information content (AvgIpc) is 3.10. The van der Waals surface area contributed by atoms with Crippen LogP contribution in [0.3, 0.4) is 0 Å². The minimum Gasteiger partial charge on any atom is -0.375 e. The van der Waals surface area contributed by atoms with Gasteiger partial charge in [0.15, 0.2) is 0 Å². The summed E-state index contributed by atoms with van der Waals surface area (Å²) in [5.41, 5.74) is 6.48. The fourth-order valence-corrected chi connectivity index (χ4v) is 4.25. The van der Waals surface area contributed by atoms with E-state index in [4.69, 9.17) is 10.5 Å². The first-order chi connectivity index (χ1) is 8.31. The molecule has 0 aromatic heterocycles. The molecule has 1 aliphatic heterocycles. The highest BCUT2D eigenvalue weighted by molar-refractivity contribution is 5.07. The Hall–Kier alpha value is -0.120. The minimum absolute atomic E-state index is 0.289. The predicted octanol–water partition coefficient (Wildman–Crippen LogP) is 1.76. The van der Waals surface area contributed by atoms with E-state index in [1.165, 1.54) is 38.5 Å². The predicted molar refractivity (Wildman–Crippen MR) is 68.9 cm³/mol. The Morgan fingerprint density at radius 2 is 2.12 bits per heavy atom. The summed E-state index contributed by atoms with van der Waals surface area (Å²) in [6.07, 6.45) is 8.40. The van der Waals surface area contributed by atoms with E-state index >= 15 is 0 Å². The van der Waals surface area contributed by atoms with Gasteiger partial charge in [-0.05, 0) is 44.4 Å². The molecule has 0 spiro atoms. The fraction of sp³-hybridized carbons (Fsp3) is 1.00. The van der Waals surface area contributed by atoms with Gasteiger partial charge in [0, 0.05) is 24.7 Å². The number of hydrogen-bond donors (Lipinski definition) is 1. The van der Waals surface area contributed by atoms with Gasteiger partial charge < -0.3 is 10.5 Å². The van der Waals surface area contributed by atoms with E-state index in [1.807, 2.05) is 0 Å². The molecular weight excluding hydrogens is 212 g/mol.